The van der Waals surface area contributed by atoms with Crippen molar-refractivity contribution in [2.45, 2.75) is 25.4 Å². The summed E-state index contributed by atoms with van der Waals surface area (Å²) in [7, 11) is -3.52. The van der Waals surface area contributed by atoms with Crippen LogP contribution in [0.4, 0.5) is 0 Å². The van der Waals surface area contributed by atoms with Gasteiger partial charge in [0.1, 0.15) is 0 Å². The highest BCUT2D eigenvalue weighted by Gasteiger charge is 2.35. The number of amides is 1. The molecule has 0 radical (unpaired) electrons. The molecule has 0 aromatic heterocycles. The van der Waals surface area contributed by atoms with E-state index in [1.807, 2.05) is 30.3 Å². The second-order valence-corrected chi connectivity index (χ2v) is 7.87. The van der Waals surface area contributed by atoms with Crippen LogP contribution in [0.15, 0.2) is 60.0 Å². The van der Waals surface area contributed by atoms with E-state index in [1.165, 1.54) is 9.71 Å². The number of hydrogen-bond donors (Lipinski definition) is 1. The Morgan fingerprint density at radius 1 is 1.08 bits per heavy atom. The number of rotatable bonds is 7. The van der Waals surface area contributed by atoms with Gasteiger partial charge in [0.2, 0.25) is 15.9 Å². The van der Waals surface area contributed by atoms with E-state index >= 15 is 0 Å². The molecule has 1 saturated carbocycles. The quantitative estimate of drug-likeness (QED) is 0.828. The fourth-order valence-electron chi connectivity index (χ4n) is 2.55. The van der Waals surface area contributed by atoms with Crippen molar-refractivity contribution in [3.05, 3.63) is 76.7 Å². The maximum absolute atomic E-state index is 12.7. The lowest BCUT2D eigenvalue weighted by Crippen LogP contribution is -2.31. The Morgan fingerprint density at radius 2 is 1.72 bits per heavy atom. The van der Waals surface area contributed by atoms with E-state index in [2.05, 4.69) is 0 Å². The number of benzene rings is 2. The van der Waals surface area contributed by atoms with Gasteiger partial charge in [-0.25, -0.2) is 8.42 Å². The largest absolute Gasteiger partial charge is 0.366 e. The van der Waals surface area contributed by atoms with Crippen molar-refractivity contribution in [3.8, 4) is 0 Å². The summed E-state index contributed by atoms with van der Waals surface area (Å²) in [5, 5.41) is 1.26. The minimum Gasteiger partial charge on any atom is -0.366 e. The predicted octanol–water partition coefficient (Wildman–Crippen LogP) is 2.75. The fourth-order valence-corrected chi connectivity index (χ4v) is 3.99. The highest BCUT2D eigenvalue weighted by molar-refractivity contribution is 7.92. The maximum Gasteiger partial charge on any atom is 0.248 e. The van der Waals surface area contributed by atoms with E-state index < -0.39 is 15.9 Å². The first-order valence-corrected chi connectivity index (χ1v) is 9.60. The minimum absolute atomic E-state index is 0.0428. The van der Waals surface area contributed by atoms with Crippen LogP contribution in [-0.4, -0.2) is 24.7 Å². The number of nitrogens with two attached hydrogens (primary N) is 1. The monoisotopic (exact) mass is 356 g/mol. The van der Waals surface area contributed by atoms with Crippen molar-refractivity contribution in [3.63, 3.8) is 0 Å². The van der Waals surface area contributed by atoms with Gasteiger partial charge in [-0.05, 0) is 42.2 Å². The molecule has 0 bridgehead atoms. The molecule has 0 spiro atoms. The van der Waals surface area contributed by atoms with Crippen molar-refractivity contribution < 1.29 is 13.2 Å². The summed E-state index contributed by atoms with van der Waals surface area (Å²) in [6.45, 7) is 0.283. The zero-order valence-corrected chi connectivity index (χ0v) is 14.5. The van der Waals surface area contributed by atoms with Gasteiger partial charge in [-0.1, -0.05) is 42.5 Å². The molecule has 0 heterocycles. The van der Waals surface area contributed by atoms with Gasteiger partial charge in [0.05, 0.1) is 0 Å². The molecule has 0 saturated heterocycles. The molecule has 1 aliphatic rings. The summed E-state index contributed by atoms with van der Waals surface area (Å²) in [6.07, 6.45) is 3.36. The number of carbonyl (C=O) groups is 1. The molecule has 5 nitrogen and oxygen atoms in total. The molecule has 0 unspecified atom stereocenters. The van der Waals surface area contributed by atoms with E-state index in [-0.39, 0.29) is 12.6 Å². The number of sulfonamides is 1. The van der Waals surface area contributed by atoms with Gasteiger partial charge in [0.15, 0.2) is 0 Å². The smallest absolute Gasteiger partial charge is 0.248 e. The molecule has 1 amide bonds. The zero-order chi connectivity index (χ0) is 17.9. The molecule has 2 aromatic carbocycles. The van der Waals surface area contributed by atoms with Gasteiger partial charge < -0.3 is 5.73 Å². The highest BCUT2D eigenvalue weighted by Crippen LogP contribution is 2.31. The van der Waals surface area contributed by atoms with E-state index in [4.69, 9.17) is 5.73 Å². The molecular weight excluding hydrogens is 336 g/mol. The molecule has 1 aliphatic carbocycles. The van der Waals surface area contributed by atoms with E-state index in [1.54, 1.807) is 30.3 Å². The van der Waals surface area contributed by atoms with Crippen molar-refractivity contribution >= 4 is 22.0 Å². The zero-order valence-electron chi connectivity index (χ0n) is 13.7. The average molecular weight is 356 g/mol. The Balaban J connectivity index is 1.78. The predicted molar refractivity (Wildman–Crippen MR) is 97.9 cm³/mol. The molecule has 2 aromatic rings. The summed E-state index contributed by atoms with van der Waals surface area (Å²) < 4.78 is 27.0. The molecular formula is C19H20N2O3S. The van der Waals surface area contributed by atoms with Crippen LogP contribution in [0.1, 0.15) is 34.3 Å². The second-order valence-electron chi connectivity index (χ2n) is 6.10. The van der Waals surface area contributed by atoms with E-state index in [9.17, 15) is 13.2 Å². The van der Waals surface area contributed by atoms with Crippen molar-refractivity contribution in [2.75, 3.05) is 0 Å². The number of primary amides is 1. The average Bonchev–Trinajstić information content (AvgIpc) is 3.44. The van der Waals surface area contributed by atoms with Gasteiger partial charge in [-0.2, -0.15) is 4.31 Å². The third-order valence-electron chi connectivity index (χ3n) is 4.09. The van der Waals surface area contributed by atoms with Crippen LogP contribution in [-0.2, 0) is 16.6 Å². The van der Waals surface area contributed by atoms with Crippen molar-refractivity contribution in [1.82, 2.24) is 4.31 Å². The van der Waals surface area contributed by atoms with Gasteiger partial charge in [-0.3, -0.25) is 4.79 Å². The number of carbonyl (C=O) groups excluding carboxylic acids is 1. The van der Waals surface area contributed by atoms with Gasteiger partial charge in [0, 0.05) is 23.6 Å². The van der Waals surface area contributed by atoms with Gasteiger partial charge in [0.25, 0.3) is 0 Å². The molecule has 2 N–H and O–H groups in total. The maximum atomic E-state index is 12.7. The van der Waals surface area contributed by atoms with Crippen molar-refractivity contribution in [1.29, 1.82) is 0 Å². The third-order valence-corrected chi connectivity index (χ3v) is 5.65. The standard InChI is InChI=1S/C19H20N2O3S/c20-19(22)17-8-6-16(7-9-17)14-21(18-10-11-18)25(23,24)13-12-15-4-2-1-3-5-15/h1-9,12-13,18H,10-11,14H2,(H2,20,22)/b13-12+. The summed E-state index contributed by atoms with van der Waals surface area (Å²) in [6, 6.07) is 16.1. The summed E-state index contributed by atoms with van der Waals surface area (Å²) in [5.41, 5.74) is 7.31. The molecule has 130 valence electrons. The van der Waals surface area contributed by atoms with Crippen LogP contribution in [0.3, 0.4) is 0 Å². The Bertz CT molecular complexity index is 871. The second kappa shape index (κ2) is 7.21. The van der Waals surface area contributed by atoms with Gasteiger partial charge >= 0.3 is 0 Å². The summed E-state index contributed by atoms with van der Waals surface area (Å²) in [5.74, 6) is -0.496. The van der Waals surface area contributed by atoms with Crippen LogP contribution in [0, 0.1) is 0 Å². The van der Waals surface area contributed by atoms with Crippen LogP contribution >= 0.6 is 0 Å². The van der Waals surface area contributed by atoms with Crippen molar-refractivity contribution in [2.24, 2.45) is 5.73 Å². The normalized spacial score (nSPS) is 14.9. The Kier molecular flexibility index (Phi) is 5.01. The Morgan fingerprint density at radius 3 is 2.28 bits per heavy atom. The SMILES string of the molecule is NC(=O)c1ccc(CN(C2CC2)S(=O)(=O)/C=C/c2ccccc2)cc1. The third kappa shape index (κ3) is 4.55. The summed E-state index contributed by atoms with van der Waals surface area (Å²) in [4.78, 5) is 11.1. The van der Waals surface area contributed by atoms with Crippen LogP contribution < -0.4 is 5.73 Å². The highest BCUT2D eigenvalue weighted by atomic mass is 32.2. The molecule has 1 fully saturated rings. The fraction of sp³-hybridized carbons (Fsp3) is 0.211. The summed E-state index contributed by atoms with van der Waals surface area (Å²) >= 11 is 0. The van der Waals surface area contributed by atoms with Crippen LogP contribution in [0.25, 0.3) is 6.08 Å². The van der Waals surface area contributed by atoms with Crippen LogP contribution in [0.2, 0.25) is 0 Å². The molecule has 3 rings (SSSR count). The molecule has 6 heteroatoms. The molecule has 25 heavy (non-hydrogen) atoms. The van der Waals surface area contributed by atoms with Gasteiger partial charge in [-0.15, -0.1) is 0 Å². The minimum atomic E-state index is -3.52. The lowest BCUT2D eigenvalue weighted by Gasteiger charge is -2.20. The van der Waals surface area contributed by atoms with E-state index in [0.717, 1.165) is 24.0 Å². The Labute approximate surface area is 147 Å². The molecule has 0 atom stereocenters. The first kappa shape index (κ1) is 17.4. The number of hydrogen-bond acceptors (Lipinski definition) is 3. The van der Waals surface area contributed by atoms with Crippen LogP contribution in [0.5, 0.6) is 0 Å². The first-order valence-electron chi connectivity index (χ1n) is 8.09. The first-order chi connectivity index (χ1) is 12.0. The topological polar surface area (TPSA) is 80.5 Å². The Hall–Kier alpha value is -2.44. The van der Waals surface area contributed by atoms with E-state index in [0.29, 0.717) is 5.56 Å². The lowest BCUT2D eigenvalue weighted by molar-refractivity contribution is 0.1000. The lowest BCUT2D eigenvalue weighted by atomic mass is 10.1. The molecule has 0 aliphatic heterocycles. The number of nitrogens with zero attached hydrogens (tertiary/aromatic N) is 1.